The van der Waals surface area contributed by atoms with E-state index in [2.05, 4.69) is 15.9 Å². The molecule has 1 aliphatic heterocycles. The van der Waals surface area contributed by atoms with Gasteiger partial charge in [0.05, 0.1) is 7.11 Å². The van der Waals surface area contributed by atoms with Crippen molar-refractivity contribution in [1.29, 1.82) is 0 Å². The van der Waals surface area contributed by atoms with Gasteiger partial charge in [0.2, 0.25) is 0 Å². The molecule has 0 spiro atoms. The average molecular weight is 309 g/mol. The fourth-order valence-electron chi connectivity index (χ4n) is 3.58. The van der Waals surface area contributed by atoms with Gasteiger partial charge in [-0.05, 0) is 30.5 Å². The third-order valence-electron chi connectivity index (χ3n) is 4.90. The molecule has 0 bridgehead atoms. The van der Waals surface area contributed by atoms with Crippen LogP contribution in [0.5, 0.6) is 5.75 Å². The Kier molecular flexibility index (Phi) is 5.04. The molecule has 2 fully saturated rings. The van der Waals surface area contributed by atoms with E-state index in [0.717, 1.165) is 36.4 Å². The molecule has 21 heavy (non-hydrogen) atoms. The molecule has 1 saturated heterocycles. The highest BCUT2D eigenvalue weighted by Crippen LogP contribution is 2.26. The van der Waals surface area contributed by atoms with Crippen molar-refractivity contribution in [2.75, 3.05) is 33.3 Å². The molecule has 4 heteroatoms. The predicted octanol–water partition coefficient (Wildman–Crippen LogP) is 3.41. The first-order valence-corrected chi connectivity index (χ1v) is 8.43. The Labute approximate surface area is 132 Å². The number of rotatable bonds is 4. The fraction of sp³-hybridized carbons (Fsp3) is 0.647. The smallest absolute Gasteiger partial charge is 0.120 e. The number of benzene rings is 1. The second-order valence-electron chi connectivity index (χ2n) is 6.21. The maximum atomic E-state index is 6.34. The maximum Gasteiger partial charge on any atom is 0.120 e. The summed E-state index contributed by atoms with van der Waals surface area (Å²) in [6, 6.07) is 6.85. The third-order valence-corrected chi connectivity index (χ3v) is 5.25. The van der Waals surface area contributed by atoms with E-state index in [1.54, 1.807) is 7.11 Å². The molecule has 0 atom stereocenters. The Bertz CT molecular complexity index is 466. The lowest BCUT2D eigenvalue weighted by Gasteiger charge is -2.38. The molecule has 1 aliphatic carbocycles. The lowest BCUT2D eigenvalue weighted by Crippen LogP contribution is -2.49. The number of halogens is 1. The zero-order valence-electron chi connectivity index (χ0n) is 12.9. The minimum atomic E-state index is 0.813. The van der Waals surface area contributed by atoms with Crippen LogP contribution in [0.15, 0.2) is 18.2 Å². The highest BCUT2D eigenvalue weighted by atomic mass is 35.5. The van der Waals surface area contributed by atoms with E-state index < -0.39 is 0 Å². The van der Waals surface area contributed by atoms with Crippen LogP contribution in [0.4, 0.5) is 0 Å². The van der Waals surface area contributed by atoms with Crippen molar-refractivity contribution in [3.05, 3.63) is 28.8 Å². The summed E-state index contributed by atoms with van der Waals surface area (Å²) in [5.41, 5.74) is 1.20. The zero-order chi connectivity index (χ0) is 14.7. The van der Waals surface area contributed by atoms with Gasteiger partial charge >= 0.3 is 0 Å². The van der Waals surface area contributed by atoms with Crippen LogP contribution < -0.4 is 4.74 Å². The van der Waals surface area contributed by atoms with Crippen LogP contribution in [0.25, 0.3) is 0 Å². The summed E-state index contributed by atoms with van der Waals surface area (Å²) < 4.78 is 5.21. The van der Waals surface area contributed by atoms with E-state index in [4.69, 9.17) is 16.3 Å². The van der Waals surface area contributed by atoms with Gasteiger partial charge in [-0.25, -0.2) is 0 Å². The topological polar surface area (TPSA) is 15.7 Å². The molecule has 0 amide bonds. The Morgan fingerprint density at radius 1 is 1.14 bits per heavy atom. The first-order chi connectivity index (χ1) is 10.3. The number of hydrogen-bond acceptors (Lipinski definition) is 3. The second kappa shape index (κ2) is 6.99. The van der Waals surface area contributed by atoms with E-state index in [0.29, 0.717) is 0 Å². The molecule has 0 N–H and O–H groups in total. The molecule has 2 aliphatic rings. The summed E-state index contributed by atoms with van der Waals surface area (Å²) in [5.74, 6) is 0.829. The number of nitrogens with zero attached hydrogens (tertiary/aromatic N) is 2. The van der Waals surface area contributed by atoms with Gasteiger partial charge in [0, 0.05) is 43.8 Å². The van der Waals surface area contributed by atoms with Gasteiger partial charge in [-0.1, -0.05) is 30.5 Å². The van der Waals surface area contributed by atoms with E-state index in [-0.39, 0.29) is 0 Å². The van der Waals surface area contributed by atoms with Gasteiger partial charge in [-0.15, -0.1) is 0 Å². The van der Waals surface area contributed by atoms with Crippen molar-refractivity contribution in [1.82, 2.24) is 9.80 Å². The van der Waals surface area contributed by atoms with E-state index >= 15 is 0 Å². The molecular formula is C17H25ClN2O. The highest BCUT2D eigenvalue weighted by Gasteiger charge is 2.26. The van der Waals surface area contributed by atoms with Crippen LogP contribution in [0.2, 0.25) is 5.02 Å². The van der Waals surface area contributed by atoms with Gasteiger partial charge in [-0.3, -0.25) is 9.80 Å². The molecule has 3 nitrogen and oxygen atoms in total. The van der Waals surface area contributed by atoms with E-state index in [9.17, 15) is 0 Å². The molecule has 0 aromatic heterocycles. The third kappa shape index (κ3) is 3.71. The van der Waals surface area contributed by atoms with Crippen molar-refractivity contribution in [2.24, 2.45) is 0 Å². The Morgan fingerprint density at radius 2 is 1.86 bits per heavy atom. The summed E-state index contributed by atoms with van der Waals surface area (Å²) in [6.07, 6.45) is 5.66. The van der Waals surface area contributed by atoms with E-state index in [1.807, 2.05) is 12.1 Å². The van der Waals surface area contributed by atoms with Crippen molar-refractivity contribution in [3.63, 3.8) is 0 Å². The number of methoxy groups -OCH3 is 1. The number of piperazine rings is 1. The van der Waals surface area contributed by atoms with Gasteiger partial charge in [-0.2, -0.15) is 0 Å². The largest absolute Gasteiger partial charge is 0.497 e. The fourth-order valence-corrected chi connectivity index (χ4v) is 3.81. The first-order valence-electron chi connectivity index (χ1n) is 8.05. The summed E-state index contributed by atoms with van der Waals surface area (Å²) in [5, 5.41) is 0.813. The summed E-state index contributed by atoms with van der Waals surface area (Å²) in [6.45, 7) is 5.66. The summed E-state index contributed by atoms with van der Waals surface area (Å²) in [4.78, 5) is 5.21. The molecule has 1 saturated carbocycles. The average Bonchev–Trinajstić information content (AvgIpc) is 3.04. The van der Waals surface area contributed by atoms with Crippen LogP contribution in [-0.4, -0.2) is 49.1 Å². The van der Waals surface area contributed by atoms with Crippen LogP contribution in [0.1, 0.15) is 31.2 Å². The minimum Gasteiger partial charge on any atom is -0.497 e. The zero-order valence-corrected chi connectivity index (χ0v) is 13.6. The first kappa shape index (κ1) is 15.1. The number of hydrogen-bond donors (Lipinski definition) is 0. The van der Waals surface area contributed by atoms with Crippen LogP contribution in [-0.2, 0) is 6.54 Å². The predicted molar refractivity (Wildman–Crippen MR) is 87.1 cm³/mol. The van der Waals surface area contributed by atoms with Gasteiger partial charge < -0.3 is 4.74 Å². The number of ether oxygens (including phenoxy) is 1. The molecule has 3 rings (SSSR count). The highest BCUT2D eigenvalue weighted by molar-refractivity contribution is 6.31. The normalized spacial score (nSPS) is 21.8. The molecule has 116 valence electrons. The maximum absolute atomic E-state index is 6.34. The van der Waals surface area contributed by atoms with Crippen LogP contribution >= 0.6 is 11.6 Å². The van der Waals surface area contributed by atoms with Gasteiger partial charge in [0.25, 0.3) is 0 Å². The molecule has 1 aromatic carbocycles. The Balaban J connectivity index is 1.53. The molecule has 1 heterocycles. The van der Waals surface area contributed by atoms with Crippen molar-refractivity contribution >= 4 is 11.6 Å². The lowest BCUT2D eigenvalue weighted by atomic mass is 10.1. The molecule has 0 unspecified atom stereocenters. The van der Waals surface area contributed by atoms with Crippen LogP contribution in [0.3, 0.4) is 0 Å². The van der Waals surface area contributed by atoms with Gasteiger partial charge in [0.1, 0.15) is 5.75 Å². The van der Waals surface area contributed by atoms with Crippen LogP contribution in [0, 0.1) is 0 Å². The minimum absolute atomic E-state index is 0.813. The lowest BCUT2D eigenvalue weighted by molar-refractivity contribution is 0.0937. The molecular weight excluding hydrogens is 284 g/mol. The Hall–Kier alpha value is -0.770. The second-order valence-corrected chi connectivity index (χ2v) is 6.61. The molecule has 0 radical (unpaired) electrons. The monoisotopic (exact) mass is 308 g/mol. The quantitative estimate of drug-likeness (QED) is 0.848. The summed E-state index contributed by atoms with van der Waals surface area (Å²) in [7, 11) is 1.67. The van der Waals surface area contributed by atoms with Crippen molar-refractivity contribution in [3.8, 4) is 5.75 Å². The standard InChI is InChI=1S/C17H25ClN2O/c1-21-16-7-6-14(17(18)12-16)13-19-8-10-20(11-9-19)15-4-2-3-5-15/h6-7,12,15H,2-5,8-11,13H2,1H3. The Morgan fingerprint density at radius 3 is 2.48 bits per heavy atom. The SMILES string of the molecule is COc1ccc(CN2CCN(C3CCCC3)CC2)c(Cl)c1. The van der Waals surface area contributed by atoms with Crippen molar-refractivity contribution < 1.29 is 4.74 Å². The van der Waals surface area contributed by atoms with E-state index in [1.165, 1.54) is 44.3 Å². The van der Waals surface area contributed by atoms with Gasteiger partial charge in [0.15, 0.2) is 0 Å². The summed E-state index contributed by atoms with van der Waals surface area (Å²) >= 11 is 6.34. The molecule has 1 aromatic rings. The van der Waals surface area contributed by atoms with Crippen molar-refractivity contribution in [2.45, 2.75) is 38.3 Å².